The molecule has 0 amide bonds. The second kappa shape index (κ2) is 5.78. The zero-order chi connectivity index (χ0) is 14.0. The number of benzene rings is 1. The fraction of sp³-hybridized carbons (Fsp3) is 0.600. The average molecular weight is 287 g/mol. The number of hydrogen-bond donors (Lipinski definition) is 2. The smallest absolute Gasteiger partial charge is 0.123 e. The molecule has 4 heteroatoms. The molecule has 1 aromatic rings. The van der Waals surface area contributed by atoms with Crippen molar-refractivity contribution >= 4 is 11.6 Å². The van der Waals surface area contributed by atoms with Crippen LogP contribution < -0.4 is 0 Å². The fourth-order valence-corrected chi connectivity index (χ4v) is 2.89. The van der Waals surface area contributed by atoms with Crippen LogP contribution in [0.5, 0.6) is 0 Å². The van der Waals surface area contributed by atoms with Crippen molar-refractivity contribution < 1.29 is 14.6 Å². The molecule has 0 aromatic heterocycles. The first-order valence-corrected chi connectivity index (χ1v) is 7.13. The summed E-state index contributed by atoms with van der Waals surface area (Å²) in [7, 11) is 0. The van der Waals surface area contributed by atoms with E-state index in [9.17, 15) is 14.6 Å². The quantitative estimate of drug-likeness (QED) is 0.895. The molecule has 1 saturated carbocycles. The largest absolute Gasteiger partial charge is 0.390 e. The molecule has 1 aliphatic rings. The van der Waals surface area contributed by atoms with E-state index in [0.29, 0.717) is 29.3 Å². The van der Waals surface area contributed by atoms with Gasteiger partial charge in [-0.15, -0.1) is 0 Å². The van der Waals surface area contributed by atoms with Crippen molar-refractivity contribution in [3.63, 3.8) is 0 Å². The second-order valence-corrected chi connectivity index (χ2v) is 6.15. The summed E-state index contributed by atoms with van der Waals surface area (Å²) in [6.07, 6.45) is 2.26. The summed E-state index contributed by atoms with van der Waals surface area (Å²) >= 11 is 5.99. The first kappa shape index (κ1) is 14.8. The minimum absolute atomic E-state index is 0.182. The van der Waals surface area contributed by atoms with Gasteiger partial charge >= 0.3 is 0 Å². The molecule has 0 heterocycles. The number of aliphatic hydroxyl groups excluding tert-OH is 1. The van der Waals surface area contributed by atoms with Gasteiger partial charge in [-0.2, -0.15) is 0 Å². The molecule has 2 N–H and O–H groups in total. The Morgan fingerprint density at radius 2 is 2.05 bits per heavy atom. The van der Waals surface area contributed by atoms with Gasteiger partial charge in [-0.1, -0.05) is 18.5 Å². The number of hydrogen-bond acceptors (Lipinski definition) is 2. The Balaban J connectivity index is 2.08. The number of aliphatic hydroxyl groups is 2. The van der Waals surface area contributed by atoms with Crippen LogP contribution in [0.15, 0.2) is 18.2 Å². The lowest BCUT2D eigenvalue weighted by atomic mass is 9.75. The summed E-state index contributed by atoms with van der Waals surface area (Å²) in [5, 5.41) is 21.2. The Morgan fingerprint density at radius 3 is 2.68 bits per heavy atom. The van der Waals surface area contributed by atoms with Crippen molar-refractivity contribution in [3.05, 3.63) is 34.6 Å². The predicted molar refractivity (Wildman–Crippen MR) is 73.7 cm³/mol. The molecule has 19 heavy (non-hydrogen) atoms. The van der Waals surface area contributed by atoms with E-state index in [1.54, 1.807) is 0 Å². The highest BCUT2D eigenvalue weighted by Crippen LogP contribution is 2.35. The number of rotatable bonds is 3. The molecule has 0 spiro atoms. The molecular formula is C15H20ClFO2. The van der Waals surface area contributed by atoms with Gasteiger partial charge in [0.2, 0.25) is 0 Å². The molecule has 0 bridgehead atoms. The Morgan fingerprint density at radius 1 is 1.42 bits per heavy atom. The van der Waals surface area contributed by atoms with Crippen LogP contribution in [0.2, 0.25) is 5.02 Å². The molecule has 0 saturated heterocycles. The van der Waals surface area contributed by atoms with Gasteiger partial charge in [-0.05, 0) is 55.4 Å². The molecule has 1 aromatic carbocycles. The summed E-state index contributed by atoms with van der Waals surface area (Å²) in [6.45, 7) is 2.15. The third kappa shape index (κ3) is 3.47. The molecular weight excluding hydrogens is 267 g/mol. The lowest BCUT2D eigenvalue weighted by Crippen LogP contribution is -2.46. The van der Waals surface area contributed by atoms with Gasteiger partial charge in [0.15, 0.2) is 0 Å². The van der Waals surface area contributed by atoms with Gasteiger partial charge in [0, 0.05) is 11.4 Å². The predicted octanol–water partition coefficient (Wildman–Crippen LogP) is 3.32. The highest BCUT2D eigenvalue weighted by atomic mass is 35.5. The maximum atomic E-state index is 13.2. The Bertz CT molecular complexity index is 442. The van der Waals surface area contributed by atoms with E-state index in [1.165, 1.54) is 18.2 Å². The van der Waals surface area contributed by atoms with E-state index in [1.807, 2.05) is 0 Å². The van der Waals surface area contributed by atoms with Crippen LogP contribution in [0.4, 0.5) is 4.39 Å². The molecule has 1 unspecified atom stereocenters. The lowest BCUT2D eigenvalue weighted by Gasteiger charge is -2.38. The highest BCUT2D eigenvalue weighted by Gasteiger charge is 2.38. The highest BCUT2D eigenvalue weighted by molar-refractivity contribution is 6.31. The van der Waals surface area contributed by atoms with Crippen molar-refractivity contribution in [2.24, 2.45) is 5.92 Å². The van der Waals surface area contributed by atoms with Crippen molar-refractivity contribution in [3.8, 4) is 0 Å². The molecule has 1 aliphatic carbocycles. The van der Waals surface area contributed by atoms with E-state index in [4.69, 9.17) is 11.6 Å². The normalized spacial score (nSPS) is 29.2. The Labute approximate surface area is 118 Å². The Kier molecular flexibility index (Phi) is 4.49. The van der Waals surface area contributed by atoms with Crippen molar-refractivity contribution in [1.82, 2.24) is 0 Å². The molecule has 1 fully saturated rings. The topological polar surface area (TPSA) is 40.5 Å². The van der Waals surface area contributed by atoms with Gasteiger partial charge in [0.05, 0.1) is 11.7 Å². The van der Waals surface area contributed by atoms with Crippen LogP contribution in [-0.4, -0.2) is 21.9 Å². The Hall–Kier alpha value is -0.640. The van der Waals surface area contributed by atoms with Crippen LogP contribution in [0.25, 0.3) is 0 Å². The van der Waals surface area contributed by atoms with Crippen LogP contribution in [-0.2, 0) is 6.42 Å². The van der Waals surface area contributed by atoms with Crippen molar-refractivity contribution in [1.29, 1.82) is 0 Å². The maximum Gasteiger partial charge on any atom is 0.123 e. The molecule has 1 atom stereocenters. The van der Waals surface area contributed by atoms with Gasteiger partial charge < -0.3 is 10.2 Å². The first-order chi connectivity index (χ1) is 8.90. The zero-order valence-corrected chi connectivity index (χ0v) is 11.8. The van der Waals surface area contributed by atoms with Gasteiger partial charge in [0.25, 0.3) is 0 Å². The van der Waals surface area contributed by atoms with E-state index in [0.717, 1.165) is 12.8 Å². The zero-order valence-electron chi connectivity index (χ0n) is 11.1. The minimum Gasteiger partial charge on any atom is -0.390 e. The van der Waals surface area contributed by atoms with Crippen molar-refractivity contribution in [2.45, 2.75) is 50.7 Å². The monoisotopic (exact) mass is 286 g/mol. The van der Waals surface area contributed by atoms with E-state index in [-0.39, 0.29) is 12.2 Å². The standard InChI is InChI=1S/C15H20ClFO2/c1-10-4-6-15(19,7-5-10)14(18)9-11-8-12(17)2-3-13(11)16/h2-3,8,10,14,18-19H,4-7,9H2,1H3. The molecule has 0 aliphatic heterocycles. The maximum absolute atomic E-state index is 13.2. The van der Waals surface area contributed by atoms with Crippen LogP contribution in [0.1, 0.15) is 38.2 Å². The summed E-state index contributed by atoms with van der Waals surface area (Å²) in [4.78, 5) is 0. The number of halogens is 2. The summed E-state index contributed by atoms with van der Waals surface area (Å²) < 4.78 is 13.2. The second-order valence-electron chi connectivity index (χ2n) is 5.74. The van der Waals surface area contributed by atoms with E-state index in [2.05, 4.69) is 6.92 Å². The average Bonchev–Trinajstić information content (AvgIpc) is 2.37. The first-order valence-electron chi connectivity index (χ1n) is 6.75. The lowest BCUT2D eigenvalue weighted by molar-refractivity contribution is -0.102. The van der Waals surface area contributed by atoms with Crippen LogP contribution in [0.3, 0.4) is 0 Å². The van der Waals surface area contributed by atoms with E-state index < -0.39 is 11.7 Å². The summed E-state index contributed by atoms with van der Waals surface area (Å²) in [5.41, 5.74) is -0.525. The minimum atomic E-state index is -1.07. The molecule has 106 valence electrons. The van der Waals surface area contributed by atoms with E-state index >= 15 is 0 Å². The van der Waals surface area contributed by atoms with Crippen LogP contribution in [0, 0.1) is 11.7 Å². The molecule has 2 nitrogen and oxygen atoms in total. The molecule has 0 radical (unpaired) electrons. The van der Waals surface area contributed by atoms with Gasteiger partial charge in [0.1, 0.15) is 5.82 Å². The van der Waals surface area contributed by atoms with Crippen molar-refractivity contribution in [2.75, 3.05) is 0 Å². The fourth-order valence-electron chi connectivity index (χ4n) is 2.69. The summed E-state index contributed by atoms with van der Waals surface area (Å²) in [5.74, 6) is 0.209. The molecule has 2 rings (SSSR count). The van der Waals surface area contributed by atoms with Crippen LogP contribution >= 0.6 is 11.6 Å². The third-order valence-electron chi connectivity index (χ3n) is 4.18. The van der Waals surface area contributed by atoms with Gasteiger partial charge in [-0.3, -0.25) is 0 Å². The van der Waals surface area contributed by atoms with Gasteiger partial charge in [-0.25, -0.2) is 4.39 Å². The third-order valence-corrected chi connectivity index (χ3v) is 4.55. The SMILES string of the molecule is CC1CCC(O)(C(O)Cc2cc(F)ccc2Cl)CC1. The summed E-state index contributed by atoms with van der Waals surface area (Å²) in [6, 6.07) is 4.08.